The summed E-state index contributed by atoms with van der Waals surface area (Å²) in [6, 6.07) is 0. The Kier molecular flexibility index (Phi) is 0.746. The van der Waals surface area contributed by atoms with Crippen molar-refractivity contribution in [2.45, 2.75) is 18.4 Å². The number of hydrogen-bond donors (Lipinski definition) is 2. The Morgan fingerprint density at radius 2 is 2.50 bits per heavy atom. The molecule has 8 heavy (non-hydrogen) atoms. The van der Waals surface area contributed by atoms with Gasteiger partial charge in [0.05, 0.1) is 5.60 Å². The molecule has 1 heterocycles. The molecule has 1 aliphatic heterocycles. The van der Waals surface area contributed by atoms with Gasteiger partial charge >= 0.3 is 0 Å². The van der Waals surface area contributed by atoms with Crippen molar-refractivity contribution in [1.82, 2.24) is 5.32 Å². The molecule has 0 aromatic heterocycles. The Bertz CT molecular complexity index is 113. The lowest BCUT2D eigenvalue weighted by atomic mass is 10.1. The summed E-state index contributed by atoms with van der Waals surface area (Å²) in [6.07, 6.45) is 2.01. The Morgan fingerprint density at radius 3 is 3.00 bits per heavy atom. The minimum atomic E-state index is -0.217. The lowest BCUT2D eigenvalue weighted by Gasteiger charge is -2.16. The summed E-state index contributed by atoms with van der Waals surface area (Å²) in [4.78, 5) is 0. The van der Waals surface area contributed by atoms with Crippen LogP contribution in [0.1, 0.15) is 12.8 Å². The second kappa shape index (κ2) is 1.25. The molecule has 0 bridgehead atoms. The van der Waals surface area contributed by atoms with E-state index in [1.807, 2.05) is 0 Å². The summed E-state index contributed by atoms with van der Waals surface area (Å²) in [7, 11) is 0. The van der Waals surface area contributed by atoms with Gasteiger partial charge in [0.1, 0.15) is 0 Å². The van der Waals surface area contributed by atoms with E-state index in [1.165, 1.54) is 0 Å². The van der Waals surface area contributed by atoms with Gasteiger partial charge in [-0.3, -0.25) is 0 Å². The third-order valence-electron chi connectivity index (χ3n) is 2.33. The quantitative estimate of drug-likeness (QED) is 0.453. The maximum absolute atomic E-state index is 9.41. The molecule has 1 saturated carbocycles. The molecule has 2 rings (SSSR count). The molecular formula is C6H11NO. The average Bonchev–Trinajstić information content (AvgIpc) is 2.39. The van der Waals surface area contributed by atoms with E-state index in [0.717, 1.165) is 25.9 Å². The van der Waals surface area contributed by atoms with Crippen LogP contribution in [0.15, 0.2) is 0 Å². The van der Waals surface area contributed by atoms with Crippen LogP contribution < -0.4 is 5.32 Å². The number of hydrogen-bond acceptors (Lipinski definition) is 2. The number of piperidine rings is 1. The Balaban J connectivity index is 2.04. The van der Waals surface area contributed by atoms with Crippen molar-refractivity contribution >= 4 is 0 Å². The molecule has 0 radical (unpaired) electrons. The second-order valence-electron chi connectivity index (χ2n) is 2.96. The molecular weight excluding hydrogens is 102 g/mol. The minimum Gasteiger partial charge on any atom is -0.389 e. The summed E-state index contributed by atoms with van der Waals surface area (Å²) in [5, 5.41) is 12.6. The summed E-state index contributed by atoms with van der Waals surface area (Å²) in [5.41, 5.74) is -0.217. The number of aliphatic hydroxyl groups is 1. The summed E-state index contributed by atoms with van der Waals surface area (Å²) >= 11 is 0. The van der Waals surface area contributed by atoms with Crippen molar-refractivity contribution in [1.29, 1.82) is 0 Å². The van der Waals surface area contributed by atoms with Crippen molar-refractivity contribution in [3.63, 3.8) is 0 Å². The highest BCUT2D eigenvalue weighted by Crippen LogP contribution is 2.46. The van der Waals surface area contributed by atoms with Gasteiger partial charge in [0.2, 0.25) is 0 Å². The van der Waals surface area contributed by atoms with E-state index in [4.69, 9.17) is 0 Å². The zero-order chi connectivity index (χ0) is 5.61. The summed E-state index contributed by atoms with van der Waals surface area (Å²) in [5.74, 6) is 0.594. The Morgan fingerprint density at radius 1 is 1.62 bits per heavy atom. The molecule has 2 fully saturated rings. The molecule has 0 aromatic rings. The van der Waals surface area contributed by atoms with Gasteiger partial charge in [0, 0.05) is 12.5 Å². The second-order valence-corrected chi connectivity index (χ2v) is 2.96. The third kappa shape index (κ3) is 0.501. The first-order valence-corrected chi connectivity index (χ1v) is 3.24. The van der Waals surface area contributed by atoms with Crippen molar-refractivity contribution in [3.8, 4) is 0 Å². The zero-order valence-corrected chi connectivity index (χ0v) is 4.85. The predicted molar refractivity (Wildman–Crippen MR) is 30.5 cm³/mol. The first-order chi connectivity index (χ1) is 3.81. The van der Waals surface area contributed by atoms with Gasteiger partial charge in [-0.15, -0.1) is 0 Å². The van der Waals surface area contributed by atoms with Crippen LogP contribution in [-0.4, -0.2) is 23.8 Å². The van der Waals surface area contributed by atoms with E-state index in [1.54, 1.807) is 0 Å². The molecule has 2 atom stereocenters. The van der Waals surface area contributed by atoms with E-state index in [0.29, 0.717) is 5.92 Å². The molecule has 0 unspecified atom stereocenters. The molecule has 1 aliphatic carbocycles. The first-order valence-electron chi connectivity index (χ1n) is 3.24. The monoisotopic (exact) mass is 113 g/mol. The highest BCUT2D eigenvalue weighted by molar-refractivity contribution is 5.06. The normalized spacial score (nSPS) is 52.9. The van der Waals surface area contributed by atoms with Gasteiger partial charge in [-0.1, -0.05) is 0 Å². The van der Waals surface area contributed by atoms with Crippen LogP contribution in [0, 0.1) is 5.92 Å². The molecule has 0 spiro atoms. The number of rotatable bonds is 0. The van der Waals surface area contributed by atoms with Crippen LogP contribution >= 0.6 is 0 Å². The van der Waals surface area contributed by atoms with Crippen LogP contribution in [0.3, 0.4) is 0 Å². The maximum atomic E-state index is 9.41. The lowest BCUT2D eigenvalue weighted by molar-refractivity contribution is 0.108. The van der Waals surface area contributed by atoms with Gasteiger partial charge in [-0.25, -0.2) is 0 Å². The molecule has 2 N–H and O–H groups in total. The summed E-state index contributed by atoms with van der Waals surface area (Å²) in [6.45, 7) is 2.05. The van der Waals surface area contributed by atoms with Crippen LogP contribution in [0.4, 0.5) is 0 Å². The van der Waals surface area contributed by atoms with Crippen molar-refractivity contribution < 1.29 is 5.11 Å². The fourth-order valence-corrected chi connectivity index (χ4v) is 1.52. The van der Waals surface area contributed by atoms with Gasteiger partial charge in [-0.05, 0) is 19.4 Å². The van der Waals surface area contributed by atoms with Crippen LogP contribution in [0.2, 0.25) is 0 Å². The highest BCUT2D eigenvalue weighted by Gasteiger charge is 2.53. The third-order valence-corrected chi connectivity index (χ3v) is 2.33. The predicted octanol–water partition coefficient (Wildman–Crippen LogP) is -0.269. The molecule has 0 amide bonds. The smallest absolute Gasteiger partial charge is 0.0705 e. The van der Waals surface area contributed by atoms with Gasteiger partial charge in [0.15, 0.2) is 0 Å². The van der Waals surface area contributed by atoms with E-state index in [-0.39, 0.29) is 5.60 Å². The average molecular weight is 113 g/mol. The zero-order valence-electron chi connectivity index (χ0n) is 4.85. The molecule has 2 aliphatic rings. The van der Waals surface area contributed by atoms with Crippen molar-refractivity contribution in [2.75, 3.05) is 13.1 Å². The van der Waals surface area contributed by atoms with Crippen LogP contribution in [0.5, 0.6) is 0 Å². The Hall–Kier alpha value is -0.0800. The van der Waals surface area contributed by atoms with Crippen molar-refractivity contribution in [3.05, 3.63) is 0 Å². The fraction of sp³-hybridized carbons (Fsp3) is 1.00. The van der Waals surface area contributed by atoms with Crippen LogP contribution in [-0.2, 0) is 0 Å². The first kappa shape index (κ1) is 4.77. The Labute approximate surface area is 48.9 Å². The number of fused-ring (bicyclic) bond motifs is 1. The molecule has 2 nitrogen and oxygen atoms in total. The standard InChI is InChI=1S/C6H11NO/c8-6-1-2-7-4-5(6)3-6/h5,7-8H,1-4H2/t5-,6+/m1/s1. The highest BCUT2D eigenvalue weighted by atomic mass is 16.3. The van der Waals surface area contributed by atoms with Gasteiger partial charge < -0.3 is 10.4 Å². The summed E-state index contributed by atoms with van der Waals surface area (Å²) < 4.78 is 0. The number of nitrogens with one attached hydrogen (secondary N) is 1. The maximum Gasteiger partial charge on any atom is 0.0705 e. The van der Waals surface area contributed by atoms with E-state index >= 15 is 0 Å². The molecule has 1 saturated heterocycles. The van der Waals surface area contributed by atoms with E-state index in [9.17, 15) is 5.11 Å². The van der Waals surface area contributed by atoms with Crippen LogP contribution in [0.25, 0.3) is 0 Å². The van der Waals surface area contributed by atoms with Crippen molar-refractivity contribution in [2.24, 2.45) is 5.92 Å². The topological polar surface area (TPSA) is 32.3 Å². The minimum absolute atomic E-state index is 0.217. The largest absolute Gasteiger partial charge is 0.389 e. The van der Waals surface area contributed by atoms with E-state index in [2.05, 4.69) is 5.32 Å². The lowest BCUT2D eigenvalue weighted by Crippen LogP contribution is -2.32. The van der Waals surface area contributed by atoms with Gasteiger partial charge in [0.25, 0.3) is 0 Å². The van der Waals surface area contributed by atoms with E-state index < -0.39 is 0 Å². The van der Waals surface area contributed by atoms with Gasteiger partial charge in [-0.2, -0.15) is 0 Å². The fourth-order valence-electron chi connectivity index (χ4n) is 1.52. The molecule has 46 valence electrons. The molecule has 0 aromatic carbocycles. The SMILES string of the molecule is O[C@]12CCNC[C@H]1C2. The molecule has 2 heteroatoms.